The number of fused-ring (bicyclic) bond motifs is 2. The summed E-state index contributed by atoms with van der Waals surface area (Å²) in [6, 6.07) is 7.07. The minimum Gasteiger partial charge on any atom is -0.395 e. The molecule has 3 rings (SSSR count). The summed E-state index contributed by atoms with van der Waals surface area (Å²) in [5.74, 6) is 0.596. The molecule has 0 saturated heterocycles. The van der Waals surface area contributed by atoms with Gasteiger partial charge in [-0.15, -0.1) is 0 Å². The normalized spacial score (nSPS) is 21.3. The van der Waals surface area contributed by atoms with E-state index < -0.39 is 0 Å². The van der Waals surface area contributed by atoms with Gasteiger partial charge in [0.15, 0.2) is 0 Å². The molecule has 2 aliphatic rings. The lowest BCUT2D eigenvalue weighted by atomic mass is 9.84. The number of nitrogens with zero attached hydrogens (tertiary/aromatic N) is 1. The molecule has 0 amide bonds. The Bertz CT molecular complexity index is 448. The lowest BCUT2D eigenvalue weighted by Crippen LogP contribution is -2.39. The molecule has 0 bridgehead atoms. The van der Waals surface area contributed by atoms with Crippen LogP contribution in [0.1, 0.15) is 49.3 Å². The van der Waals surface area contributed by atoms with Gasteiger partial charge in [-0.25, -0.2) is 0 Å². The molecule has 1 fully saturated rings. The number of aliphatic hydroxyl groups is 1. The van der Waals surface area contributed by atoms with Crippen LogP contribution in [0.25, 0.3) is 0 Å². The molecule has 18 heavy (non-hydrogen) atoms. The first-order valence-corrected chi connectivity index (χ1v) is 7.11. The van der Waals surface area contributed by atoms with Crippen molar-refractivity contribution in [2.75, 3.05) is 19.7 Å². The van der Waals surface area contributed by atoms with Crippen molar-refractivity contribution >= 4 is 0 Å². The molecule has 1 N–H and O–H groups in total. The van der Waals surface area contributed by atoms with Gasteiger partial charge < -0.3 is 5.11 Å². The van der Waals surface area contributed by atoms with Gasteiger partial charge in [-0.05, 0) is 35.4 Å². The molecular formula is C16H23NO. The van der Waals surface area contributed by atoms with E-state index in [0.717, 1.165) is 19.6 Å². The van der Waals surface area contributed by atoms with Gasteiger partial charge >= 0.3 is 0 Å². The zero-order valence-electron chi connectivity index (χ0n) is 11.4. The molecule has 0 aromatic heterocycles. The van der Waals surface area contributed by atoms with Crippen molar-refractivity contribution < 1.29 is 5.11 Å². The quantitative estimate of drug-likeness (QED) is 0.885. The van der Waals surface area contributed by atoms with Crippen molar-refractivity contribution in [1.82, 2.24) is 4.90 Å². The molecule has 1 spiro atoms. The Morgan fingerprint density at radius 2 is 2.11 bits per heavy atom. The smallest absolute Gasteiger partial charge is 0.0558 e. The largest absolute Gasteiger partial charge is 0.395 e. The summed E-state index contributed by atoms with van der Waals surface area (Å²) in [6.07, 6.45) is 2.64. The van der Waals surface area contributed by atoms with Crippen LogP contribution in [0, 0.1) is 0 Å². The van der Waals surface area contributed by atoms with E-state index in [1.165, 1.54) is 24.0 Å². The van der Waals surface area contributed by atoms with Crippen molar-refractivity contribution in [3.8, 4) is 0 Å². The summed E-state index contributed by atoms with van der Waals surface area (Å²) in [5.41, 5.74) is 4.95. The summed E-state index contributed by atoms with van der Waals surface area (Å²) in [7, 11) is 0. The Hall–Kier alpha value is -0.860. The van der Waals surface area contributed by atoms with Gasteiger partial charge in [0, 0.05) is 25.0 Å². The zero-order chi connectivity index (χ0) is 12.8. The van der Waals surface area contributed by atoms with Crippen LogP contribution in [0.3, 0.4) is 0 Å². The lowest BCUT2D eigenvalue weighted by Gasteiger charge is -2.35. The molecule has 1 aromatic rings. The van der Waals surface area contributed by atoms with Gasteiger partial charge in [0.25, 0.3) is 0 Å². The van der Waals surface area contributed by atoms with E-state index in [4.69, 9.17) is 5.11 Å². The first-order chi connectivity index (χ1) is 8.64. The van der Waals surface area contributed by atoms with E-state index in [1.807, 2.05) is 0 Å². The Morgan fingerprint density at radius 1 is 1.33 bits per heavy atom. The highest BCUT2D eigenvalue weighted by Gasteiger charge is 2.48. The van der Waals surface area contributed by atoms with Crippen LogP contribution >= 0.6 is 0 Å². The molecule has 1 aliphatic heterocycles. The summed E-state index contributed by atoms with van der Waals surface area (Å²) < 4.78 is 0. The van der Waals surface area contributed by atoms with Crippen molar-refractivity contribution in [1.29, 1.82) is 0 Å². The van der Waals surface area contributed by atoms with Gasteiger partial charge in [0.2, 0.25) is 0 Å². The SMILES string of the molecule is CC(C)c1ccc2c(c1)CN(CCO)CC21CC1. The van der Waals surface area contributed by atoms with Crippen molar-refractivity contribution in [3.63, 3.8) is 0 Å². The number of benzene rings is 1. The fourth-order valence-corrected chi connectivity index (χ4v) is 3.31. The molecular weight excluding hydrogens is 222 g/mol. The molecule has 1 aliphatic carbocycles. The maximum absolute atomic E-state index is 9.16. The molecule has 1 saturated carbocycles. The van der Waals surface area contributed by atoms with Crippen molar-refractivity contribution in [3.05, 3.63) is 34.9 Å². The van der Waals surface area contributed by atoms with Crippen LogP contribution in [-0.4, -0.2) is 29.7 Å². The second-order valence-electron chi connectivity index (χ2n) is 6.29. The van der Waals surface area contributed by atoms with Gasteiger partial charge in [-0.1, -0.05) is 32.0 Å². The van der Waals surface area contributed by atoms with Gasteiger partial charge in [0.05, 0.1) is 6.61 Å². The van der Waals surface area contributed by atoms with E-state index in [0.29, 0.717) is 11.3 Å². The van der Waals surface area contributed by atoms with Gasteiger partial charge in [-0.3, -0.25) is 4.90 Å². The van der Waals surface area contributed by atoms with Crippen LogP contribution < -0.4 is 0 Å². The second kappa shape index (κ2) is 4.36. The minimum atomic E-state index is 0.273. The average Bonchev–Trinajstić information content (AvgIpc) is 3.09. The van der Waals surface area contributed by atoms with Crippen LogP contribution in [-0.2, 0) is 12.0 Å². The third-order valence-electron chi connectivity index (χ3n) is 4.56. The van der Waals surface area contributed by atoms with E-state index in [9.17, 15) is 0 Å². The molecule has 0 unspecified atom stereocenters. The number of hydrogen-bond donors (Lipinski definition) is 1. The molecule has 0 atom stereocenters. The number of hydrogen-bond acceptors (Lipinski definition) is 2. The number of rotatable bonds is 3. The monoisotopic (exact) mass is 245 g/mol. The Labute approximate surface area is 110 Å². The van der Waals surface area contributed by atoms with Gasteiger partial charge in [-0.2, -0.15) is 0 Å². The van der Waals surface area contributed by atoms with Crippen LogP contribution in [0.2, 0.25) is 0 Å². The molecule has 2 heteroatoms. The van der Waals surface area contributed by atoms with Gasteiger partial charge in [0.1, 0.15) is 0 Å². The average molecular weight is 245 g/mol. The summed E-state index contributed by atoms with van der Waals surface area (Å²) in [4.78, 5) is 2.42. The standard InChI is InChI=1S/C16H23NO/c1-12(2)13-3-4-15-14(9-13)10-17(7-8-18)11-16(15)5-6-16/h3-4,9,12,18H,5-8,10-11H2,1-2H3. The van der Waals surface area contributed by atoms with E-state index in [2.05, 4.69) is 36.9 Å². The maximum Gasteiger partial charge on any atom is 0.0558 e. The molecule has 0 radical (unpaired) electrons. The molecule has 98 valence electrons. The Morgan fingerprint density at radius 3 is 2.72 bits per heavy atom. The highest BCUT2D eigenvalue weighted by Crippen LogP contribution is 2.52. The van der Waals surface area contributed by atoms with E-state index >= 15 is 0 Å². The Balaban J connectivity index is 1.95. The summed E-state index contributed by atoms with van der Waals surface area (Å²) >= 11 is 0. The minimum absolute atomic E-state index is 0.273. The first-order valence-electron chi connectivity index (χ1n) is 7.11. The van der Waals surface area contributed by atoms with E-state index in [-0.39, 0.29) is 6.61 Å². The molecule has 1 aromatic carbocycles. The fraction of sp³-hybridized carbons (Fsp3) is 0.625. The summed E-state index contributed by atoms with van der Waals surface area (Å²) in [5, 5.41) is 9.16. The highest BCUT2D eigenvalue weighted by molar-refractivity contribution is 5.44. The van der Waals surface area contributed by atoms with Crippen LogP contribution in [0.5, 0.6) is 0 Å². The Kier molecular flexibility index (Phi) is 2.95. The van der Waals surface area contributed by atoms with Crippen LogP contribution in [0.4, 0.5) is 0 Å². The predicted molar refractivity (Wildman–Crippen MR) is 73.8 cm³/mol. The lowest BCUT2D eigenvalue weighted by molar-refractivity contribution is 0.167. The number of β-amino-alcohol motifs (C(OH)–C–C–N with tert-alkyl or cyclic N) is 1. The predicted octanol–water partition coefficient (Wildman–Crippen LogP) is 2.65. The third-order valence-corrected chi connectivity index (χ3v) is 4.56. The topological polar surface area (TPSA) is 23.5 Å². The van der Waals surface area contributed by atoms with E-state index in [1.54, 1.807) is 5.56 Å². The van der Waals surface area contributed by atoms with Crippen molar-refractivity contribution in [2.24, 2.45) is 0 Å². The second-order valence-corrected chi connectivity index (χ2v) is 6.29. The zero-order valence-corrected chi connectivity index (χ0v) is 11.4. The third kappa shape index (κ3) is 1.98. The highest BCUT2D eigenvalue weighted by atomic mass is 16.3. The summed E-state index contributed by atoms with van der Waals surface area (Å²) in [6.45, 7) is 7.74. The van der Waals surface area contributed by atoms with Crippen molar-refractivity contribution in [2.45, 2.75) is 44.6 Å². The first kappa shape index (κ1) is 12.2. The van der Waals surface area contributed by atoms with Crippen LogP contribution in [0.15, 0.2) is 18.2 Å². The molecule has 1 heterocycles. The maximum atomic E-state index is 9.16. The fourth-order valence-electron chi connectivity index (χ4n) is 3.31. The number of aliphatic hydroxyl groups excluding tert-OH is 1. The molecule has 2 nitrogen and oxygen atoms in total.